The van der Waals surface area contributed by atoms with E-state index in [0.29, 0.717) is 11.2 Å². The minimum Gasteiger partial charge on any atom is -0.422 e. The zero-order chi connectivity index (χ0) is 14.7. The van der Waals surface area contributed by atoms with Gasteiger partial charge in [-0.05, 0) is 31.4 Å². The highest BCUT2D eigenvalue weighted by atomic mass is 32.2. The van der Waals surface area contributed by atoms with Crippen molar-refractivity contribution in [2.75, 3.05) is 5.75 Å². The molecule has 0 radical (unpaired) electrons. The molecular weight excluding hydrogens is 268 g/mol. The Balaban J connectivity index is 3.94. The van der Waals surface area contributed by atoms with E-state index in [1.54, 1.807) is 0 Å². The van der Waals surface area contributed by atoms with Crippen LogP contribution in [0.25, 0.3) is 0 Å². The van der Waals surface area contributed by atoms with Gasteiger partial charge in [-0.25, -0.2) is 0 Å². The highest BCUT2D eigenvalue weighted by Crippen LogP contribution is 2.34. The van der Waals surface area contributed by atoms with Crippen LogP contribution in [0.15, 0.2) is 0 Å². The van der Waals surface area contributed by atoms with Gasteiger partial charge in [-0.2, -0.15) is 11.8 Å². The quantitative estimate of drug-likeness (QED) is 0.386. The Morgan fingerprint density at radius 1 is 1.05 bits per heavy atom. The van der Waals surface area contributed by atoms with Crippen molar-refractivity contribution >= 4 is 22.2 Å². The average Bonchev–Trinajstić information content (AvgIpc) is 2.41. The third-order valence-corrected chi connectivity index (χ3v) is 6.90. The zero-order valence-electron chi connectivity index (χ0n) is 14.1. The fourth-order valence-electron chi connectivity index (χ4n) is 2.63. The maximum atomic E-state index is 5.95. The molecule has 0 aliphatic heterocycles. The van der Waals surface area contributed by atoms with E-state index in [1.165, 1.54) is 50.7 Å². The minimum atomic E-state index is 0.107. The lowest BCUT2D eigenvalue weighted by Crippen LogP contribution is -2.40. The predicted octanol–water partition coefficient (Wildman–Crippen LogP) is 4.57. The molecule has 0 rings (SSSR count). The van der Waals surface area contributed by atoms with Crippen LogP contribution < -0.4 is 0 Å². The molecule has 3 unspecified atom stereocenters. The normalized spacial score (nSPS) is 18.2. The van der Waals surface area contributed by atoms with Crippen LogP contribution in [0.2, 0.25) is 0 Å². The second-order valence-corrected chi connectivity index (χ2v) is 7.94. The fraction of sp³-hybridized carbons (Fsp3) is 1.00. The summed E-state index contributed by atoms with van der Waals surface area (Å²) in [6.45, 7) is 11.6. The summed E-state index contributed by atoms with van der Waals surface area (Å²) in [7, 11) is 0.852. The Kier molecular flexibility index (Phi) is 11.5. The summed E-state index contributed by atoms with van der Waals surface area (Å²) in [5.74, 6) is 1.96. The van der Waals surface area contributed by atoms with Crippen molar-refractivity contribution in [1.82, 2.24) is 0 Å². The smallest absolute Gasteiger partial charge is 0.146 e. The van der Waals surface area contributed by atoms with E-state index in [4.69, 9.17) is 4.43 Å². The summed E-state index contributed by atoms with van der Waals surface area (Å²) in [5.41, 5.74) is 0.107. The van der Waals surface area contributed by atoms with Gasteiger partial charge in [0.2, 0.25) is 0 Å². The first-order valence-corrected chi connectivity index (χ1v) is 10.0. The Morgan fingerprint density at radius 2 is 1.68 bits per heavy atom. The van der Waals surface area contributed by atoms with E-state index >= 15 is 0 Å². The van der Waals surface area contributed by atoms with Crippen LogP contribution in [0.3, 0.4) is 0 Å². The lowest BCUT2D eigenvalue weighted by atomic mass is 9.85. The number of hydrogen-bond acceptors (Lipinski definition) is 2. The summed E-state index contributed by atoms with van der Waals surface area (Å²) < 4.78 is 5.95. The van der Waals surface area contributed by atoms with Gasteiger partial charge in [0, 0.05) is 5.25 Å². The average molecular weight is 305 g/mol. The van der Waals surface area contributed by atoms with E-state index in [1.807, 2.05) is 0 Å². The Labute approximate surface area is 129 Å². The van der Waals surface area contributed by atoms with Gasteiger partial charge in [-0.1, -0.05) is 59.8 Å². The minimum absolute atomic E-state index is 0.107. The van der Waals surface area contributed by atoms with Gasteiger partial charge in [-0.3, -0.25) is 0 Å². The monoisotopic (exact) mass is 304 g/mol. The number of unbranched alkanes of at least 4 members (excludes halogenated alkanes) is 4. The summed E-state index contributed by atoms with van der Waals surface area (Å²) >= 11 is 2.15. The first kappa shape index (κ1) is 19.5. The van der Waals surface area contributed by atoms with Crippen molar-refractivity contribution in [3.05, 3.63) is 0 Å². The standard InChI is InChI=1S/C16H36OSSi/c1-6-8-9-10-11-13-18-15(4)14(3)16(5,17-19)12-7-2/h14-15H,6-13H2,1-5,19H3. The molecule has 1 nitrogen and oxygen atoms in total. The molecule has 0 fully saturated rings. The van der Waals surface area contributed by atoms with Crippen LogP contribution in [0.4, 0.5) is 0 Å². The van der Waals surface area contributed by atoms with E-state index < -0.39 is 0 Å². The Bertz CT molecular complexity index is 213. The molecule has 0 aromatic carbocycles. The number of rotatable bonds is 12. The summed E-state index contributed by atoms with van der Waals surface area (Å²) in [5, 5.41) is 0.705. The fourth-order valence-corrected chi connectivity index (χ4v) is 4.52. The van der Waals surface area contributed by atoms with Crippen LogP contribution in [0.1, 0.15) is 79.6 Å². The lowest BCUT2D eigenvalue weighted by Gasteiger charge is -2.38. The molecule has 0 aromatic rings. The highest BCUT2D eigenvalue weighted by molar-refractivity contribution is 7.99. The first-order valence-electron chi connectivity index (χ1n) is 8.18. The number of thioether (sulfide) groups is 1. The molecule has 0 heterocycles. The summed E-state index contributed by atoms with van der Waals surface area (Å²) in [6, 6.07) is 0. The van der Waals surface area contributed by atoms with Gasteiger partial charge < -0.3 is 4.43 Å². The molecule has 0 aliphatic rings. The second-order valence-electron chi connectivity index (χ2n) is 6.05. The molecule has 0 saturated heterocycles. The molecule has 3 heteroatoms. The topological polar surface area (TPSA) is 9.23 Å². The first-order chi connectivity index (χ1) is 9.01. The number of hydrogen-bond donors (Lipinski definition) is 0. The predicted molar refractivity (Wildman–Crippen MR) is 94.2 cm³/mol. The maximum absolute atomic E-state index is 5.95. The third-order valence-electron chi connectivity index (χ3n) is 4.51. The van der Waals surface area contributed by atoms with Crippen LogP contribution in [0.5, 0.6) is 0 Å². The molecule has 3 atom stereocenters. The van der Waals surface area contributed by atoms with Crippen LogP contribution in [-0.2, 0) is 4.43 Å². The van der Waals surface area contributed by atoms with Gasteiger partial charge >= 0.3 is 0 Å². The molecule has 0 aliphatic carbocycles. The van der Waals surface area contributed by atoms with Crippen molar-refractivity contribution < 1.29 is 4.43 Å². The van der Waals surface area contributed by atoms with Crippen LogP contribution >= 0.6 is 11.8 Å². The molecule has 19 heavy (non-hydrogen) atoms. The van der Waals surface area contributed by atoms with Gasteiger partial charge in [0.25, 0.3) is 0 Å². The van der Waals surface area contributed by atoms with Gasteiger partial charge in [0.05, 0.1) is 5.60 Å². The largest absolute Gasteiger partial charge is 0.422 e. The molecule has 0 spiro atoms. The van der Waals surface area contributed by atoms with E-state index in [0.717, 1.165) is 10.5 Å². The lowest BCUT2D eigenvalue weighted by molar-refractivity contribution is 0.0332. The second kappa shape index (κ2) is 11.2. The maximum Gasteiger partial charge on any atom is 0.146 e. The molecule has 0 bridgehead atoms. The SMILES string of the molecule is CCCCCCCSC(C)C(C)C(C)(CCC)O[SiH3]. The van der Waals surface area contributed by atoms with Gasteiger partial charge in [0.15, 0.2) is 0 Å². The molecule has 0 saturated carbocycles. The van der Waals surface area contributed by atoms with Crippen LogP contribution in [-0.4, -0.2) is 27.1 Å². The van der Waals surface area contributed by atoms with Crippen molar-refractivity contribution in [3.63, 3.8) is 0 Å². The highest BCUT2D eigenvalue weighted by Gasteiger charge is 2.33. The summed E-state index contributed by atoms with van der Waals surface area (Å²) in [4.78, 5) is 0. The molecular formula is C16H36OSSi. The third kappa shape index (κ3) is 7.77. The molecule has 0 N–H and O–H groups in total. The zero-order valence-corrected chi connectivity index (χ0v) is 16.9. The molecule has 0 amide bonds. The Hall–Kier alpha value is 0.527. The van der Waals surface area contributed by atoms with Crippen LogP contribution in [0, 0.1) is 5.92 Å². The molecule has 116 valence electrons. The van der Waals surface area contributed by atoms with Crippen molar-refractivity contribution in [3.8, 4) is 0 Å². The van der Waals surface area contributed by atoms with Gasteiger partial charge in [-0.15, -0.1) is 0 Å². The summed E-state index contributed by atoms with van der Waals surface area (Å²) in [6.07, 6.45) is 9.36. The van der Waals surface area contributed by atoms with Crippen molar-refractivity contribution in [2.24, 2.45) is 5.92 Å². The van der Waals surface area contributed by atoms with E-state index in [9.17, 15) is 0 Å². The molecule has 0 aromatic heterocycles. The van der Waals surface area contributed by atoms with E-state index in [2.05, 4.69) is 46.4 Å². The van der Waals surface area contributed by atoms with Gasteiger partial charge in [0.1, 0.15) is 10.5 Å². The van der Waals surface area contributed by atoms with Crippen molar-refractivity contribution in [1.29, 1.82) is 0 Å². The Morgan fingerprint density at radius 3 is 2.21 bits per heavy atom. The van der Waals surface area contributed by atoms with E-state index in [-0.39, 0.29) is 5.60 Å². The van der Waals surface area contributed by atoms with Crippen molar-refractivity contribution in [2.45, 2.75) is 90.4 Å².